The maximum atomic E-state index is 11.3. The van der Waals surface area contributed by atoms with E-state index in [-0.39, 0.29) is 10.8 Å². The van der Waals surface area contributed by atoms with Crippen molar-refractivity contribution in [1.29, 1.82) is 0 Å². The third-order valence-corrected chi connectivity index (χ3v) is 3.37. The minimum atomic E-state index is -0.669. The first-order valence-electron chi connectivity index (χ1n) is 6.22. The lowest BCUT2D eigenvalue weighted by molar-refractivity contribution is 0.0995. The van der Waals surface area contributed by atoms with E-state index in [0.29, 0.717) is 11.5 Å². The summed E-state index contributed by atoms with van der Waals surface area (Å²) in [7, 11) is 0. The highest BCUT2D eigenvalue weighted by atomic mass is 35.5. The number of nitrogens with two attached hydrogens (primary N) is 1. The second-order valence-electron chi connectivity index (χ2n) is 4.57. The van der Waals surface area contributed by atoms with Crippen LogP contribution in [0.15, 0.2) is 18.2 Å². The minimum absolute atomic E-state index is 0.0386. The molecule has 20 heavy (non-hydrogen) atoms. The van der Waals surface area contributed by atoms with Gasteiger partial charge in [-0.2, -0.15) is 0 Å². The van der Waals surface area contributed by atoms with Crippen molar-refractivity contribution in [1.82, 2.24) is 15.2 Å². The number of aromatic nitrogens is 3. The van der Waals surface area contributed by atoms with Gasteiger partial charge in [-0.1, -0.05) is 17.7 Å². The molecule has 1 aliphatic carbocycles. The zero-order valence-electron chi connectivity index (χ0n) is 10.6. The SMILES string of the molecule is NC(=O)c1nnc(Cl)cc1Nc1ccc2c(n1)CCC2. The quantitative estimate of drug-likeness (QED) is 0.899. The molecule has 0 radical (unpaired) electrons. The summed E-state index contributed by atoms with van der Waals surface area (Å²) in [4.78, 5) is 15.9. The summed E-state index contributed by atoms with van der Waals surface area (Å²) in [5.74, 6) is -0.0324. The van der Waals surface area contributed by atoms with E-state index in [1.165, 1.54) is 11.6 Å². The molecule has 6 nitrogen and oxygen atoms in total. The van der Waals surface area contributed by atoms with Crippen LogP contribution in [-0.2, 0) is 12.8 Å². The molecule has 0 atom stereocenters. The molecule has 7 heteroatoms. The van der Waals surface area contributed by atoms with Gasteiger partial charge in [0.1, 0.15) is 5.82 Å². The van der Waals surface area contributed by atoms with Gasteiger partial charge in [0.2, 0.25) is 0 Å². The highest BCUT2D eigenvalue weighted by molar-refractivity contribution is 6.29. The van der Waals surface area contributed by atoms with Crippen LogP contribution in [0, 0.1) is 0 Å². The molecule has 0 aromatic carbocycles. The van der Waals surface area contributed by atoms with E-state index < -0.39 is 5.91 Å². The van der Waals surface area contributed by atoms with Crippen LogP contribution in [0.1, 0.15) is 28.2 Å². The maximum Gasteiger partial charge on any atom is 0.271 e. The Morgan fingerprint density at radius 2 is 2.15 bits per heavy atom. The van der Waals surface area contributed by atoms with Crippen molar-refractivity contribution in [3.63, 3.8) is 0 Å². The van der Waals surface area contributed by atoms with Gasteiger partial charge in [0.25, 0.3) is 5.91 Å². The Balaban J connectivity index is 1.95. The second-order valence-corrected chi connectivity index (χ2v) is 4.96. The van der Waals surface area contributed by atoms with Crippen molar-refractivity contribution in [2.45, 2.75) is 19.3 Å². The third kappa shape index (κ3) is 2.42. The summed E-state index contributed by atoms with van der Waals surface area (Å²) in [5.41, 5.74) is 8.07. The summed E-state index contributed by atoms with van der Waals surface area (Å²) in [6.45, 7) is 0. The number of hydrogen-bond acceptors (Lipinski definition) is 5. The molecule has 0 bridgehead atoms. The molecule has 0 unspecified atom stereocenters. The fraction of sp³-hybridized carbons (Fsp3) is 0.231. The van der Waals surface area contributed by atoms with Gasteiger partial charge in [0, 0.05) is 11.8 Å². The van der Waals surface area contributed by atoms with Gasteiger partial charge in [-0.3, -0.25) is 4.79 Å². The number of carbonyl (C=O) groups excluding carboxylic acids is 1. The Morgan fingerprint density at radius 3 is 2.95 bits per heavy atom. The molecule has 2 aromatic rings. The molecule has 1 aliphatic rings. The lowest BCUT2D eigenvalue weighted by Crippen LogP contribution is -2.16. The van der Waals surface area contributed by atoms with Crippen LogP contribution >= 0.6 is 11.6 Å². The number of hydrogen-bond donors (Lipinski definition) is 2. The van der Waals surface area contributed by atoms with Crippen LogP contribution in [0.2, 0.25) is 5.15 Å². The van der Waals surface area contributed by atoms with Crippen LogP contribution in [0.4, 0.5) is 11.5 Å². The molecule has 0 aliphatic heterocycles. The molecule has 1 amide bonds. The van der Waals surface area contributed by atoms with Gasteiger partial charge < -0.3 is 11.1 Å². The number of primary amides is 1. The molecule has 2 heterocycles. The molecule has 0 saturated heterocycles. The number of anilines is 2. The molecule has 2 aromatic heterocycles. The number of rotatable bonds is 3. The lowest BCUT2D eigenvalue weighted by Gasteiger charge is -2.09. The summed E-state index contributed by atoms with van der Waals surface area (Å²) in [6.07, 6.45) is 3.17. The van der Waals surface area contributed by atoms with Crippen molar-refractivity contribution in [2.75, 3.05) is 5.32 Å². The van der Waals surface area contributed by atoms with E-state index in [0.717, 1.165) is 25.0 Å². The molecule has 0 spiro atoms. The standard InChI is InChI=1S/C13H12ClN5O/c14-10-6-9(12(13(15)20)19-18-10)17-11-5-4-7-2-1-3-8(7)16-11/h4-6H,1-3H2,(H2,15,20)(H,16,17,18). The van der Waals surface area contributed by atoms with Crippen LogP contribution in [-0.4, -0.2) is 21.1 Å². The topological polar surface area (TPSA) is 93.8 Å². The lowest BCUT2D eigenvalue weighted by atomic mass is 10.2. The number of amides is 1. The van der Waals surface area contributed by atoms with Gasteiger partial charge in [-0.15, -0.1) is 10.2 Å². The maximum absolute atomic E-state index is 11.3. The molecule has 102 valence electrons. The average molecular weight is 290 g/mol. The zero-order chi connectivity index (χ0) is 14.1. The number of nitrogens with one attached hydrogen (secondary N) is 1. The van der Waals surface area contributed by atoms with Crippen LogP contribution in [0.3, 0.4) is 0 Å². The van der Waals surface area contributed by atoms with Gasteiger partial charge in [-0.25, -0.2) is 4.98 Å². The smallest absolute Gasteiger partial charge is 0.271 e. The van der Waals surface area contributed by atoms with Gasteiger partial charge in [-0.05, 0) is 30.9 Å². The van der Waals surface area contributed by atoms with Crippen molar-refractivity contribution in [3.8, 4) is 0 Å². The number of aryl methyl sites for hydroxylation is 2. The predicted octanol–water partition coefficient (Wildman–Crippen LogP) is 1.86. The number of pyridine rings is 1. The van der Waals surface area contributed by atoms with Crippen LogP contribution in [0.25, 0.3) is 0 Å². The van der Waals surface area contributed by atoms with E-state index in [4.69, 9.17) is 17.3 Å². The summed E-state index contributed by atoms with van der Waals surface area (Å²) in [5, 5.41) is 10.5. The molecular weight excluding hydrogens is 278 g/mol. The summed E-state index contributed by atoms with van der Waals surface area (Å²) >= 11 is 5.80. The highest BCUT2D eigenvalue weighted by Crippen LogP contribution is 2.25. The Hall–Kier alpha value is -2.21. The van der Waals surface area contributed by atoms with Crippen molar-refractivity contribution in [2.24, 2.45) is 5.73 Å². The molecule has 3 rings (SSSR count). The van der Waals surface area contributed by atoms with Gasteiger partial charge in [0.15, 0.2) is 10.8 Å². The van der Waals surface area contributed by atoms with Crippen molar-refractivity contribution < 1.29 is 4.79 Å². The van der Waals surface area contributed by atoms with E-state index in [1.807, 2.05) is 12.1 Å². The van der Waals surface area contributed by atoms with Gasteiger partial charge >= 0.3 is 0 Å². The summed E-state index contributed by atoms with van der Waals surface area (Å²) < 4.78 is 0. The number of fused-ring (bicyclic) bond motifs is 1. The largest absolute Gasteiger partial charge is 0.364 e. The number of halogens is 1. The first kappa shape index (κ1) is 12.8. The summed E-state index contributed by atoms with van der Waals surface area (Å²) in [6, 6.07) is 5.41. The molecule has 0 fully saturated rings. The normalized spacial score (nSPS) is 13.1. The van der Waals surface area contributed by atoms with E-state index in [1.54, 1.807) is 0 Å². The Labute approximate surface area is 120 Å². The molecular formula is C13H12ClN5O. The predicted molar refractivity (Wildman–Crippen MR) is 75.1 cm³/mol. The second kappa shape index (κ2) is 5.05. The highest BCUT2D eigenvalue weighted by Gasteiger charge is 2.15. The number of nitrogens with zero attached hydrogens (tertiary/aromatic N) is 3. The van der Waals surface area contributed by atoms with Crippen LogP contribution in [0.5, 0.6) is 0 Å². The number of carbonyl (C=O) groups is 1. The first-order chi connectivity index (χ1) is 9.63. The van der Waals surface area contributed by atoms with Crippen molar-refractivity contribution >= 4 is 29.0 Å². The minimum Gasteiger partial charge on any atom is -0.364 e. The molecule has 3 N–H and O–H groups in total. The zero-order valence-corrected chi connectivity index (χ0v) is 11.3. The first-order valence-corrected chi connectivity index (χ1v) is 6.60. The average Bonchev–Trinajstić information content (AvgIpc) is 2.85. The molecule has 0 saturated carbocycles. The monoisotopic (exact) mass is 289 g/mol. The van der Waals surface area contributed by atoms with E-state index in [9.17, 15) is 4.79 Å². The Kier molecular flexibility index (Phi) is 3.23. The van der Waals surface area contributed by atoms with Crippen molar-refractivity contribution in [3.05, 3.63) is 40.3 Å². The third-order valence-electron chi connectivity index (χ3n) is 3.19. The van der Waals surface area contributed by atoms with E-state index >= 15 is 0 Å². The van der Waals surface area contributed by atoms with Crippen LogP contribution < -0.4 is 11.1 Å². The van der Waals surface area contributed by atoms with E-state index in [2.05, 4.69) is 20.5 Å². The fourth-order valence-corrected chi connectivity index (χ4v) is 2.42. The van der Waals surface area contributed by atoms with Gasteiger partial charge in [0.05, 0.1) is 5.69 Å². The Morgan fingerprint density at radius 1 is 1.30 bits per heavy atom. The fourth-order valence-electron chi connectivity index (χ4n) is 2.27. The Bertz CT molecular complexity index is 688.